The van der Waals surface area contributed by atoms with Crippen LogP contribution in [0.25, 0.3) is 0 Å². The number of hydrogen-bond acceptors (Lipinski definition) is 3. The molecule has 3 nitrogen and oxygen atoms in total. The summed E-state index contributed by atoms with van der Waals surface area (Å²) in [6.45, 7) is 8.02. The molecule has 0 aliphatic rings. The fourth-order valence-corrected chi connectivity index (χ4v) is 13.2. The molecular formula is C16H32O3Si3. The summed E-state index contributed by atoms with van der Waals surface area (Å²) < 4.78 is 0. The molecule has 0 aromatic heterocycles. The highest BCUT2D eigenvalue weighted by Crippen LogP contribution is 2.26. The van der Waals surface area contributed by atoms with E-state index in [9.17, 15) is 14.4 Å². The summed E-state index contributed by atoms with van der Waals surface area (Å²) in [5.41, 5.74) is 0. The van der Waals surface area contributed by atoms with E-state index >= 15 is 0 Å². The summed E-state index contributed by atoms with van der Waals surface area (Å²) in [6, 6.07) is 14.6. The van der Waals surface area contributed by atoms with Crippen molar-refractivity contribution in [3.8, 4) is 0 Å². The van der Waals surface area contributed by atoms with Crippen LogP contribution in [0.3, 0.4) is 0 Å². The molecule has 0 aliphatic carbocycles. The molecule has 0 fully saturated rings. The van der Waals surface area contributed by atoms with Crippen LogP contribution in [0.5, 0.6) is 0 Å². The van der Waals surface area contributed by atoms with Gasteiger partial charge in [-0.25, -0.2) is 0 Å². The van der Waals surface area contributed by atoms with E-state index in [4.69, 9.17) is 0 Å². The summed E-state index contributed by atoms with van der Waals surface area (Å²) in [7, 11) is -6.92. The Hall–Kier alpha value is -0.249. The van der Waals surface area contributed by atoms with Crippen LogP contribution in [-0.2, 0) is 0 Å². The van der Waals surface area contributed by atoms with Crippen molar-refractivity contribution in [2.45, 2.75) is 63.2 Å². The van der Waals surface area contributed by atoms with Gasteiger partial charge in [0, 0.05) is 0 Å². The van der Waals surface area contributed by atoms with Gasteiger partial charge in [0.15, 0.2) is 16.6 Å². The average Bonchev–Trinajstić information content (AvgIpc) is 2.52. The molecule has 0 radical (unpaired) electrons. The first-order chi connectivity index (χ1) is 10.1. The van der Waals surface area contributed by atoms with Gasteiger partial charge in [0.25, 0.3) is 0 Å². The standard InChI is InChI=1S/C16H32O3Si3/c1-5-20(3,17)12-13-21(4,18)14-15-22(19,6-2)16-10-8-7-9-11-16/h7-11,17-19H,5-6,12-15H2,1-4H3. The Balaban J connectivity index is 2.65. The van der Waals surface area contributed by atoms with Crippen molar-refractivity contribution in [1.29, 1.82) is 0 Å². The molecule has 1 rings (SSSR count). The molecule has 0 aliphatic heterocycles. The van der Waals surface area contributed by atoms with Crippen molar-refractivity contribution in [3.05, 3.63) is 30.3 Å². The van der Waals surface area contributed by atoms with E-state index in [0.29, 0.717) is 0 Å². The Kier molecular flexibility index (Phi) is 7.23. The molecule has 1 aromatic rings. The molecule has 0 saturated heterocycles. The highest BCUT2D eigenvalue weighted by Gasteiger charge is 2.36. The van der Waals surface area contributed by atoms with Gasteiger partial charge >= 0.3 is 0 Å². The smallest absolute Gasteiger partial charge is 0.219 e. The zero-order valence-corrected chi connectivity index (χ0v) is 17.5. The fourth-order valence-electron chi connectivity index (χ4n) is 2.59. The van der Waals surface area contributed by atoms with Crippen LogP contribution in [0.15, 0.2) is 30.3 Å². The van der Waals surface area contributed by atoms with E-state index in [1.165, 1.54) is 0 Å². The lowest BCUT2D eigenvalue weighted by Gasteiger charge is -2.30. The third-order valence-electron chi connectivity index (χ3n) is 4.94. The number of rotatable bonds is 9. The van der Waals surface area contributed by atoms with Gasteiger partial charge in [0.2, 0.25) is 8.32 Å². The van der Waals surface area contributed by atoms with Crippen LogP contribution in [0, 0.1) is 0 Å². The van der Waals surface area contributed by atoms with Crippen molar-refractivity contribution < 1.29 is 14.4 Å². The number of benzene rings is 1. The molecule has 3 unspecified atom stereocenters. The molecular weight excluding hydrogens is 324 g/mol. The summed E-state index contributed by atoms with van der Waals surface area (Å²) in [5.74, 6) is 0. The predicted octanol–water partition coefficient (Wildman–Crippen LogP) is 3.01. The first-order valence-corrected chi connectivity index (χ1v) is 16.5. The van der Waals surface area contributed by atoms with Crippen molar-refractivity contribution >= 4 is 30.1 Å². The normalized spacial score (nSPS) is 20.0. The molecule has 3 atom stereocenters. The van der Waals surface area contributed by atoms with Gasteiger partial charge in [-0.3, -0.25) is 0 Å². The van der Waals surface area contributed by atoms with Gasteiger partial charge in [-0.15, -0.1) is 0 Å². The monoisotopic (exact) mass is 356 g/mol. The highest BCUT2D eigenvalue weighted by molar-refractivity contribution is 6.87. The van der Waals surface area contributed by atoms with E-state index in [0.717, 1.165) is 41.5 Å². The van der Waals surface area contributed by atoms with Crippen LogP contribution in [0.1, 0.15) is 13.8 Å². The summed E-state index contributed by atoms with van der Waals surface area (Å²) in [5, 5.41) is 1.07. The van der Waals surface area contributed by atoms with Crippen LogP contribution in [0.2, 0.25) is 49.4 Å². The second kappa shape index (κ2) is 8.03. The minimum atomic E-state index is -2.47. The van der Waals surface area contributed by atoms with Crippen molar-refractivity contribution in [2.24, 2.45) is 0 Å². The van der Waals surface area contributed by atoms with Gasteiger partial charge in [0.05, 0.1) is 0 Å². The highest BCUT2D eigenvalue weighted by atomic mass is 28.4. The van der Waals surface area contributed by atoms with E-state index in [-0.39, 0.29) is 0 Å². The van der Waals surface area contributed by atoms with Crippen LogP contribution in [-0.4, -0.2) is 39.3 Å². The minimum Gasteiger partial charge on any atom is -0.432 e. The average molecular weight is 357 g/mol. The van der Waals surface area contributed by atoms with Crippen molar-refractivity contribution in [1.82, 2.24) is 0 Å². The zero-order valence-electron chi connectivity index (χ0n) is 14.5. The molecule has 1 aromatic carbocycles. The fraction of sp³-hybridized carbons (Fsp3) is 0.625. The van der Waals surface area contributed by atoms with Gasteiger partial charge in [0.1, 0.15) is 0 Å². The molecule has 0 heterocycles. The maximum atomic E-state index is 11.0. The molecule has 0 bridgehead atoms. The maximum absolute atomic E-state index is 11.0. The molecule has 22 heavy (non-hydrogen) atoms. The Morgan fingerprint density at radius 1 is 0.727 bits per heavy atom. The van der Waals surface area contributed by atoms with E-state index in [1.807, 2.05) is 57.3 Å². The van der Waals surface area contributed by atoms with Gasteiger partial charge in [-0.1, -0.05) is 44.2 Å². The van der Waals surface area contributed by atoms with Crippen molar-refractivity contribution in [2.75, 3.05) is 0 Å². The zero-order chi connectivity index (χ0) is 16.9. The largest absolute Gasteiger partial charge is 0.432 e. The molecule has 0 amide bonds. The second-order valence-corrected chi connectivity index (χ2v) is 19.1. The predicted molar refractivity (Wildman–Crippen MR) is 102 cm³/mol. The van der Waals surface area contributed by atoms with Gasteiger partial charge < -0.3 is 14.4 Å². The third-order valence-corrected chi connectivity index (χ3v) is 15.1. The minimum absolute atomic E-state index is 0.725. The maximum Gasteiger partial charge on any atom is 0.219 e. The first kappa shape index (κ1) is 19.8. The topological polar surface area (TPSA) is 60.7 Å². The SMILES string of the molecule is CC[Si](C)(O)CC[Si](C)(O)CC[Si](O)(CC)c1ccccc1. The van der Waals surface area contributed by atoms with E-state index < -0.39 is 25.0 Å². The Labute approximate surface area is 138 Å². The molecule has 0 saturated carbocycles. The lowest BCUT2D eigenvalue weighted by molar-refractivity contribution is 0.516. The molecule has 0 spiro atoms. The van der Waals surface area contributed by atoms with Crippen LogP contribution in [0.4, 0.5) is 0 Å². The molecule has 126 valence electrons. The van der Waals surface area contributed by atoms with Gasteiger partial charge in [-0.05, 0) is 54.5 Å². The van der Waals surface area contributed by atoms with Crippen LogP contribution < -0.4 is 5.19 Å². The number of hydrogen-bond donors (Lipinski definition) is 3. The summed E-state index contributed by atoms with van der Waals surface area (Å²) in [4.78, 5) is 32.0. The Bertz CT molecular complexity index is 451. The van der Waals surface area contributed by atoms with Crippen molar-refractivity contribution in [3.63, 3.8) is 0 Å². The van der Waals surface area contributed by atoms with Crippen LogP contribution >= 0.6 is 0 Å². The molecule has 6 heteroatoms. The summed E-state index contributed by atoms with van der Waals surface area (Å²) >= 11 is 0. The van der Waals surface area contributed by atoms with E-state index in [2.05, 4.69) is 0 Å². The second-order valence-electron chi connectivity index (χ2n) is 7.10. The Morgan fingerprint density at radius 2 is 1.23 bits per heavy atom. The quantitative estimate of drug-likeness (QED) is 0.596. The van der Waals surface area contributed by atoms with E-state index in [1.54, 1.807) is 0 Å². The first-order valence-electron chi connectivity index (χ1n) is 8.37. The summed E-state index contributed by atoms with van der Waals surface area (Å²) in [6.07, 6.45) is 0. The lowest BCUT2D eigenvalue weighted by Crippen LogP contribution is -2.49. The van der Waals surface area contributed by atoms with Gasteiger partial charge in [-0.2, -0.15) is 0 Å². The lowest BCUT2D eigenvalue weighted by atomic mass is 10.4. The third kappa shape index (κ3) is 6.10. The molecule has 3 N–H and O–H groups in total. The Morgan fingerprint density at radius 3 is 1.73 bits per heavy atom.